The minimum atomic E-state index is -0.197. The smallest absolute Gasteiger partial charge is 0.258 e. The van der Waals surface area contributed by atoms with Gasteiger partial charge >= 0.3 is 0 Å². The highest BCUT2D eigenvalue weighted by Crippen LogP contribution is 2.32. The Morgan fingerprint density at radius 3 is 2.87 bits per heavy atom. The summed E-state index contributed by atoms with van der Waals surface area (Å²) >= 11 is 5.88. The van der Waals surface area contributed by atoms with Gasteiger partial charge in [-0.3, -0.25) is 4.79 Å². The molecular formula is C17H16ClNO4. The molecule has 6 heteroatoms. The molecule has 5 nitrogen and oxygen atoms in total. The van der Waals surface area contributed by atoms with Gasteiger partial charge in [-0.05, 0) is 48.4 Å². The minimum absolute atomic E-state index is 0.0486. The van der Waals surface area contributed by atoms with Crippen LogP contribution in [-0.2, 0) is 11.3 Å². The molecule has 2 aromatic carbocycles. The molecule has 0 aromatic heterocycles. The average Bonchev–Trinajstić information content (AvgIpc) is 2.99. The zero-order valence-corrected chi connectivity index (χ0v) is 13.4. The number of carbonyl (C=O) groups is 1. The van der Waals surface area contributed by atoms with Crippen LogP contribution in [-0.4, -0.2) is 19.3 Å². The highest BCUT2D eigenvalue weighted by Gasteiger charge is 2.13. The van der Waals surface area contributed by atoms with Crippen molar-refractivity contribution < 1.29 is 19.0 Å². The van der Waals surface area contributed by atoms with Crippen LogP contribution < -0.4 is 19.5 Å². The van der Waals surface area contributed by atoms with Crippen LogP contribution in [0.25, 0.3) is 0 Å². The topological polar surface area (TPSA) is 56.8 Å². The summed E-state index contributed by atoms with van der Waals surface area (Å²) in [6.45, 7) is 2.47. The Hall–Kier alpha value is -2.40. The summed E-state index contributed by atoms with van der Waals surface area (Å²) < 4.78 is 16.1. The van der Waals surface area contributed by atoms with Crippen molar-refractivity contribution in [1.29, 1.82) is 0 Å². The lowest BCUT2D eigenvalue weighted by atomic mass is 10.2. The summed E-state index contributed by atoms with van der Waals surface area (Å²) in [4.78, 5) is 11.9. The van der Waals surface area contributed by atoms with Gasteiger partial charge < -0.3 is 19.5 Å². The standard InChI is InChI=1S/C17H16ClNO4/c1-11-6-13(18)3-5-14(11)21-9-17(20)19-8-12-2-4-15-16(7-12)23-10-22-15/h2-7H,8-10H2,1H3,(H,19,20). The predicted molar refractivity (Wildman–Crippen MR) is 86.1 cm³/mol. The number of hydrogen-bond acceptors (Lipinski definition) is 4. The molecule has 1 aliphatic rings. The molecule has 0 aliphatic carbocycles. The molecule has 1 amide bonds. The van der Waals surface area contributed by atoms with Gasteiger partial charge in [0.05, 0.1) is 0 Å². The van der Waals surface area contributed by atoms with E-state index >= 15 is 0 Å². The largest absolute Gasteiger partial charge is 0.484 e. The van der Waals surface area contributed by atoms with E-state index in [4.69, 9.17) is 25.8 Å². The molecule has 2 aromatic rings. The molecule has 23 heavy (non-hydrogen) atoms. The van der Waals surface area contributed by atoms with E-state index in [1.54, 1.807) is 18.2 Å². The van der Waals surface area contributed by atoms with Crippen LogP contribution in [0, 0.1) is 6.92 Å². The number of nitrogens with one attached hydrogen (secondary N) is 1. The second-order valence-corrected chi connectivity index (χ2v) is 5.60. The van der Waals surface area contributed by atoms with Crippen LogP contribution >= 0.6 is 11.6 Å². The van der Waals surface area contributed by atoms with Gasteiger partial charge in [-0.2, -0.15) is 0 Å². The fourth-order valence-electron chi connectivity index (χ4n) is 2.22. The number of amides is 1. The van der Waals surface area contributed by atoms with Crippen LogP contribution in [0.15, 0.2) is 36.4 Å². The van der Waals surface area contributed by atoms with Crippen molar-refractivity contribution in [2.24, 2.45) is 0 Å². The van der Waals surface area contributed by atoms with Gasteiger partial charge in [0.2, 0.25) is 6.79 Å². The summed E-state index contributed by atoms with van der Waals surface area (Å²) in [5, 5.41) is 3.45. The number of fused-ring (bicyclic) bond motifs is 1. The van der Waals surface area contributed by atoms with Crippen LogP contribution in [0.5, 0.6) is 17.2 Å². The lowest BCUT2D eigenvalue weighted by Gasteiger charge is -2.10. The minimum Gasteiger partial charge on any atom is -0.484 e. The van der Waals surface area contributed by atoms with Gasteiger partial charge in [0, 0.05) is 11.6 Å². The van der Waals surface area contributed by atoms with E-state index in [-0.39, 0.29) is 19.3 Å². The van der Waals surface area contributed by atoms with Gasteiger partial charge in [-0.25, -0.2) is 0 Å². The molecule has 0 saturated heterocycles. The Labute approximate surface area is 139 Å². The number of hydrogen-bond donors (Lipinski definition) is 1. The monoisotopic (exact) mass is 333 g/mol. The summed E-state index contributed by atoms with van der Waals surface area (Å²) in [6, 6.07) is 10.8. The normalized spacial score (nSPS) is 12.1. The molecule has 0 saturated carbocycles. The van der Waals surface area contributed by atoms with Crippen molar-refractivity contribution in [2.45, 2.75) is 13.5 Å². The van der Waals surface area contributed by atoms with E-state index in [2.05, 4.69) is 5.32 Å². The molecule has 1 heterocycles. The van der Waals surface area contributed by atoms with Gasteiger partial charge in [0.25, 0.3) is 5.91 Å². The molecule has 3 rings (SSSR count). The maximum absolute atomic E-state index is 11.9. The third-order valence-corrected chi connectivity index (χ3v) is 3.66. The third-order valence-electron chi connectivity index (χ3n) is 3.42. The van der Waals surface area contributed by atoms with Crippen molar-refractivity contribution in [2.75, 3.05) is 13.4 Å². The zero-order valence-electron chi connectivity index (χ0n) is 12.6. The van der Waals surface area contributed by atoms with Crippen LogP contribution in [0.3, 0.4) is 0 Å². The quantitative estimate of drug-likeness (QED) is 0.913. The first-order valence-corrected chi connectivity index (χ1v) is 7.54. The first-order chi connectivity index (χ1) is 11.1. The van der Waals surface area contributed by atoms with E-state index in [0.29, 0.717) is 23.1 Å². The van der Waals surface area contributed by atoms with Crippen LogP contribution in [0.4, 0.5) is 0 Å². The van der Waals surface area contributed by atoms with E-state index < -0.39 is 0 Å². The molecule has 120 valence electrons. The number of carbonyl (C=O) groups excluding carboxylic acids is 1. The highest BCUT2D eigenvalue weighted by molar-refractivity contribution is 6.30. The average molecular weight is 334 g/mol. The summed E-state index contributed by atoms with van der Waals surface area (Å²) in [5.41, 5.74) is 1.83. The van der Waals surface area contributed by atoms with Crippen molar-refractivity contribution in [3.05, 3.63) is 52.5 Å². The zero-order chi connectivity index (χ0) is 16.2. The van der Waals surface area contributed by atoms with E-state index in [1.165, 1.54) is 0 Å². The molecule has 0 bridgehead atoms. The Bertz CT molecular complexity index is 733. The highest BCUT2D eigenvalue weighted by atomic mass is 35.5. The van der Waals surface area contributed by atoms with E-state index in [1.807, 2.05) is 25.1 Å². The number of ether oxygens (including phenoxy) is 3. The van der Waals surface area contributed by atoms with Crippen molar-refractivity contribution >= 4 is 17.5 Å². The maximum atomic E-state index is 11.9. The van der Waals surface area contributed by atoms with Crippen molar-refractivity contribution in [1.82, 2.24) is 5.32 Å². The van der Waals surface area contributed by atoms with E-state index in [0.717, 1.165) is 16.9 Å². The fraction of sp³-hybridized carbons (Fsp3) is 0.235. The van der Waals surface area contributed by atoms with Gasteiger partial charge in [-0.1, -0.05) is 17.7 Å². The molecular weight excluding hydrogens is 318 g/mol. The Kier molecular flexibility index (Phi) is 4.57. The van der Waals surface area contributed by atoms with Gasteiger partial charge in [0.1, 0.15) is 5.75 Å². The molecule has 0 atom stereocenters. The van der Waals surface area contributed by atoms with Crippen LogP contribution in [0.2, 0.25) is 5.02 Å². The summed E-state index contributed by atoms with van der Waals surface area (Å²) in [5.74, 6) is 1.87. The lowest BCUT2D eigenvalue weighted by Crippen LogP contribution is -2.28. The van der Waals surface area contributed by atoms with Crippen molar-refractivity contribution in [3.63, 3.8) is 0 Å². The predicted octanol–water partition coefficient (Wildman–Crippen LogP) is 3.07. The SMILES string of the molecule is Cc1cc(Cl)ccc1OCC(=O)NCc1ccc2c(c1)OCO2. The third kappa shape index (κ3) is 3.87. The second kappa shape index (κ2) is 6.79. The number of halogens is 1. The Morgan fingerprint density at radius 1 is 1.22 bits per heavy atom. The first kappa shape index (κ1) is 15.5. The lowest BCUT2D eigenvalue weighted by molar-refractivity contribution is -0.123. The summed E-state index contributed by atoms with van der Waals surface area (Å²) in [6.07, 6.45) is 0. The van der Waals surface area contributed by atoms with Gasteiger partial charge in [-0.15, -0.1) is 0 Å². The molecule has 0 radical (unpaired) electrons. The molecule has 0 fully saturated rings. The Balaban J connectivity index is 1.50. The maximum Gasteiger partial charge on any atom is 0.258 e. The molecule has 0 spiro atoms. The number of rotatable bonds is 5. The molecule has 1 N–H and O–H groups in total. The molecule has 1 aliphatic heterocycles. The Morgan fingerprint density at radius 2 is 2.04 bits per heavy atom. The van der Waals surface area contributed by atoms with E-state index in [9.17, 15) is 4.79 Å². The number of benzene rings is 2. The second-order valence-electron chi connectivity index (χ2n) is 5.16. The fourth-order valence-corrected chi connectivity index (χ4v) is 2.45. The van der Waals surface area contributed by atoms with Crippen molar-refractivity contribution in [3.8, 4) is 17.2 Å². The van der Waals surface area contributed by atoms with Gasteiger partial charge in [0.15, 0.2) is 18.1 Å². The molecule has 0 unspecified atom stereocenters. The first-order valence-electron chi connectivity index (χ1n) is 7.16. The number of aryl methyl sites for hydroxylation is 1. The van der Waals surface area contributed by atoms with Crippen LogP contribution in [0.1, 0.15) is 11.1 Å². The summed E-state index contributed by atoms with van der Waals surface area (Å²) in [7, 11) is 0.